The van der Waals surface area contributed by atoms with E-state index in [4.69, 9.17) is 9.47 Å². The lowest BCUT2D eigenvalue weighted by molar-refractivity contribution is 0.0730. The van der Waals surface area contributed by atoms with Gasteiger partial charge in [0.2, 0.25) is 0 Å². The Balaban J connectivity index is 1.50. The number of para-hydroxylation sites is 2. The van der Waals surface area contributed by atoms with Crippen molar-refractivity contribution in [1.29, 1.82) is 0 Å². The summed E-state index contributed by atoms with van der Waals surface area (Å²) in [4.78, 5) is 25.4. The maximum atomic E-state index is 12.7. The van der Waals surface area contributed by atoms with Crippen LogP contribution in [0.15, 0.2) is 109 Å². The van der Waals surface area contributed by atoms with Crippen molar-refractivity contribution in [3.63, 3.8) is 0 Å². The normalized spacial score (nSPS) is 10.7. The first-order valence-corrected chi connectivity index (χ1v) is 10.5. The summed E-state index contributed by atoms with van der Waals surface area (Å²) in [5, 5.41) is 0. The van der Waals surface area contributed by atoms with Crippen LogP contribution in [0.1, 0.15) is 26.3 Å². The molecule has 4 aromatic carbocycles. The summed E-state index contributed by atoms with van der Waals surface area (Å²) in [7, 11) is 1.50. The van der Waals surface area contributed by atoms with Crippen molar-refractivity contribution in [2.24, 2.45) is 0 Å². The van der Waals surface area contributed by atoms with Gasteiger partial charge in [0.25, 0.3) is 0 Å². The number of benzene rings is 4. The Morgan fingerprint density at radius 3 is 2.00 bits per heavy atom. The first-order valence-electron chi connectivity index (χ1n) is 10.5. The molecule has 0 saturated carbocycles. The highest BCUT2D eigenvalue weighted by atomic mass is 16.5. The van der Waals surface area contributed by atoms with E-state index in [-0.39, 0.29) is 5.78 Å². The molecule has 0 aliphatic rings. The molecule has 0 heterocycles. The fourth-order valence-electron chi connectivity index (χ4n) is 3.40. The van der Waals surface area contributed by atoms with Gasteiger partial charge in [0, 0.05) is 11.1 Å². The van der Waals surface area contributed by atoms with E-state index >= 15 is 0 Å². The van der Waals surface area contributed by atoms with Crippen molar-refractivity contribution in [1.82, 2.24) is 0 Å². The molecule has 0 fully saturated rings. The number of rotatable bonds is 7. The van der Waals surface area contributed by atoms with Gasteiger partial charge in [0.05, 0.1) is 7.11 Å². The summed E-state index contributed by atoms with van der Waals surface area (Å²) in [6.07, 6.45) is 3.13. The van der Waals surface area contributed by atoms with Crippen molar-refractivity contribution in [3.05, 3.63) is 126 Å². The molecular weight excluding hydrogens is 412 g/mol. The minimum Gasteiger partial charge on any atom is -0.496 e. The maximum Gasteiger partial charge on any atom is 0.347 e. The minimum absolute atomic E-state index is 0.138. The lowest BCUT2D eigenvalue weighted by Gasteiger charge is -2.10. The molecule has 4 heteroatoms. The lowest BCUT2D eigenvalue weighted by Crippen LogP contribution is -2.10. The van der Waals surface area contributed by atoms with Gasteiger partial charge < -0.3 is 9.47 Å². The van der Waals surface area contributed by atoms with Gasteiger partial charge in [-0.15, -0.1) is 0 Å². The Morgan fingerprint density at radius 1 is 0.667 bits per heavy atom. The second-order valence-electron chi connectivity index (χ2n) is 7.27. The van der Waals surface area contributed by atoms with Crippen LogP contribution in [-0.2, 0) is 0 Å². The smallest absolute Gasteiger partial charge is 0.347 e. The van der Waals surface area contributed by atoms with Crippen molar-refractivity contribution < 1.29 is 19.1 Å². The van der Waals surface area contributed by atoms with Crippen LogP contribution in [0, 0.1) is 0 Å². The van der Waals surface area contributed by atoms with Crippen LogP contribution in [0.25, 0.3) is 17.2 Å². The number of ketones is 1. The number of methoxy groups -OCH3 is 1. The molecule has 0 saturated heterocycles. The van der Waals surface area contributed by atoms with Crippen LogP contribution in [0.4, 0.5) is 0 Å². The van der Waals surface area contributed by atoms with E-state index in [1.165, 1.54) is 13.2 Å². The zero-order valence-electron chi connectivity index (χ0n) is 18.1. The fourth-order valence-corrected chi connectivity index (χ4v) is 3.40. The molecule has 0 bridgehead atoms. The fraction of sp³-hybridized carbons (Fsp3) is 0.0345. The molecule has 0 amide bonds. The molecule has 0 atom stereocenters. The zero-order valence-corrected chi connectivity index (χ0v) is 18.1. The van der Waals surface area contributed by atoms with E-state index < -0.39 is 5.97 Å². The van der Waals surface area contributed by atoms with Gasteiger partial charge in [-0.1, -0.05) is 84.9 Å². The Morgan fingerprint density at radius 2 is 1.27 bits per heavy atom. The van der Waals surface area contributed by atoms with Crippen molar-refractivity contribution in [2.75, 3.05) is 7.11 Å². The van der Waals surface area contributed by atoms with Gasteiger partial charge in [-0.05, 0) is 41.5 Å². The monoisotopic (exact) mass is 434 g/mol. The third-order valence-corrected chi connectivity index (χ3v) is 5.14. The van der Waals surface area contributed by atoms with Crippen molar-refractivity contribution >= 4 is 17.8 Å². The van der Waals surface area contributed by atoms with Gasteiger partial charge in [-0.2, -0.15) is 0 Å². The summed E-state index contributed by atoms with van der Waals surface area (Å²) >= 11 is 0. The van der Waals surface area contributed by atoms with Crippen LogP contribution >= 0.6 is 0 Å². The summed E-state index contributed by atoms with van der Waals surface area (Å²) in [6, 6.07) is 31.4. The van der Waals surface area contributed by atoms with Gasteiger partial charge in [0.1, 0.15) is 17.1 Å². The average molecular weight is 434 g/mol. The highest BCUT2D eigenvalue weighted by molar-refractivity contribution is 6.07. The second-order valence-corrected chi connectivity index (χ2v) is 7.27. The Labute approximate surface area is 192 Å². The van der Waals surface area contributed by atoms with Gasteiger partial charge in [-0.3, -0.25) is 4.79 Å². The summed E-state index contributed by atoms with van der Waals surface area (Å²) in [6.45, 7) is 0. The second kappa shape index (κ2) is 10.2. The molecule has 4 nitrogen and oxygen atoms in total. The SMILES string of the molecule is COc1ccccc1C(=O)Oc1ccccc1/C=C/C(=O)c1ccc(-c2ccccc2)cc1. The number of carbonyl (C=O) groups is 2. The first kappa shape index (κ1) is 21.8. The van der Waals surface area contributed by atoms with Crippen molar-refractivity contribution in [2.45, 2.75) is 0 Å². The minimum atomic E-state index is -0.531. The largest absolute Gasteiger partial charge is 0.496 e. The van der Waals surface area contributed by atoms with Gasteiger partial charge in [-0.25, -0.2) is 4.79 Å². The van der Waals surface area contributed by atoms with E-state index in [9.17, 15) is 9.59 Å². The topological polar surface area (TPSA) is 52.6 Å². The van der Waals surface area contributed by atoms with Crippen LogP contribution in [0.2, 0.25) is 0 Å². The molecule has 0 unspecified atom stereocenters. The highest BCUT2D eigenvalue weighted by Gasteiger charge is 2.15. The van der Waals surface area contributed by atoms with E-state index in [1.54, 1.807) is 48.5 Å². The molecule has 0 spiro atoms. The average Bonchev–Trinajstić information content (AvgIpc) is 2.88. The lowest BCUT2D eigenvalue weighted by atomic mass is 10.0. The number of hydrogen-bond acceptors (Lipinski definition) is 4. The molecule has 0 aromatic heterocycles. The maximum absolute atomic E-state index is 12.7. The van der Waals surface area contributed by atoms with E-state index in [0.717, 1.165) is 11.1 Å². The molecule has 162 valence electrons. The molecule has 0 N–H and O–H groups in total. The molecule has 0 aliphatic carbocycles. The number of ether oxygens (including phenoxy) is 2. The predicted molar refractivity (Wildman–Crippen MR) is 130 cm³/mol. The molecule has 4 aromatic rings. The Bertz CT molecular complexity index is 1290. The number of hydrogen-bond donors (Lipinski definition) is 0. The van der Waals surface area contributed by atoms with Crippen molar-refractivity contribution in [3.8, 4) is 22.6 Å². The van der Waals surface area contributed by atoms with E-state index in [1.807, 2.05) is 60.7 Å². The molecule has 33 heavy (non-hydrogen) atoms. The molecule has 0 radical (unpaired) electrons. The van der Waals surface area contributed by atoms with E-state index in [2.05, 4.69) is 0 Å². The summed E-state index contributed by atoms with van der Waals surface area (Å²) < 4.78 is 10.8. The summed E-state index contributed by atoms with van der Waals surface area (Å²) in [5.74, 6) is 0.123. The standard InChI is InChI=1S/C29H22O4/c1-32-28-14-8-6-12-25(28)29(31)33-27-13-7-5-11-24(27)19-20-26(30)23-17-15-22(16-18-23)21-9-3-2-4-10-21/h2-20H,1H3/b20-19+. The third-order valence-electron chi connectivity index (χ3n) is 5.14. The quantitative estimate of drug-likeness (QED) is 0.145. The highest BCUT2D eigenvalue weighted by Crippen LogP contribution is 2.24. The van der Waals surface area contributed by atoms with E-state index in [0.29, 0.717) is 28.2 Å². The zero-order chi connectivity index (χ0) is 23.0. The first-order chi connectivity index (χ1) is 16.2. The van der Waals surface area contributed by atoms with Crippen LogP contribution in [-0.4, -0.2) is 18.9 Å². The third kappa shape index (κ3) is 5.25. The Kier molecular flexibility index (Phi) is 6.76. The van der Waals surface area contributed by atoms with Crippen LogP contribution in [0.3, 0.4) is 0 Å². The predicted octanol–water partition coefficient (Wildman–Crippen LogP) is 6.48. The molecular formula is C29H22O4. The van der Waals surface area contributed by atoms with Crippen LogP contribution in [0.5, 0.6) is 11.5 Å². The van der Waals surface area contributed by atoms with Gasteiger partial charge >= 0.3 is 5.97 Å². The number of allylic oxidation sites excluding steroid dienone is 1. The van der Waals surface area contributed by atoms with Gasteiger partial charge in [0.15, 0.2) is 5.78 Å². The summed E-state index contributed by atoms with van der Waals surface area (Å²) in [5.41, 5.74) is 3.67. The Hall–Kier alpha value is -4.44. The molecule has 0 aliphatic heterocycles. The number of esters is 1. The number of carbonyl (C=O) groups excluding carboxylic acids is 2. The molecule has 4 rings (SSSR count). The van der Waals surface area contributed by atoms with Crippen LogP contribution < -0.4 is 9.47 Å².